The molecule has 0 aliphatic heterocycles. The van der Waals surface area contributed by atoms with Crippen molar-refractivity contribution < 1.29 is 19.1 Å². The van der Waals surface area contributed by atoms with Gasteiger partial charge in [-0.25, -0.2) is 9.78 Å². The van der Waals surface area contributed by atoms with Crippen molar-refractivity contribution in [2.24, 2.45) is 0 Å². The summed E-state index contributed by atoms with van der Waals surface area (Å²) in [5, 5.41) is 5.39. The van der Waals surface area contributed by atoms with E-state index in [1.807, 2.05) is 12.1 Å². The summed E-state index contributed by atoms with van der Waals surface area (Å²) in [7, 11) is 0. The Morgan fingerprint density at radius 2 is 1.76 bits per heavy atom. The number of aromatic amines is 1. The first-order valence-corrected chi connectivity index (χ1v) is 10.7. The van der Waals surface area contributed by atoms with Gasteiger partial charge in [0.25, 0.3) is 5.91 Å². The summed E-state index contributed by atoms with van der Waals surface area (Å²) in [6.07, 6.45) is 2.72. The predicted molar refractivity (Wildman–Crippen MR) is 128 cm³/mol. The zero-order valence-corrected chi connectivity index (χ0v) is 18.7. The van der Waals surface area contributed by atoms with Crippen molar-refractivity contribution in [1.29, 1.82) is 0 Å². The Balaban J connectivity index is 1.43. The fourth-order valence-electron chi connectivity index (χ4n) is 3.36. The minimum atomic E-state index is -0.967. The van der Waals surface area contributed by atoms with Crippen LogP contribution in [0, 0.1) is 0 Å². The van der Waals surface area contributed by atoms with E-state index in [1.165, 1.54) is 6.92 Å². The number of carbonyl (C=O) groups is 3. The van der Waals surface area contributed by atoms with Gasteiger partial charge in [-0.1, -0.05) is 6.92 Å². The van der Waals surface area contributed by atoms with Crippen molar-refractivity contribution in [2.75, 3.05) is 10.6 Å². The highest BCUT2D eigenvalue weighted by Crippen LogP contribution is 2.21. The van der Waals surface area contributed by atoms with Crippen LogP contribution in [0.4, 0.5) is 11.4 Å². The van der Waals surface area contributed by atoms with Gasteiger partial charge < -0.3 is 20.4 Å². The molecule has 172 valence electrons. The van der Waals surface area contributed by atoms with E-state index in [2.05, 4.69) is 25.6 Å². The first-order chi connectivity index (χ1) is 16.4. The number of ether oxygens (including phenoxy) is 1. The van der Waals surface area contributed by atoms with Gasteiger partial charge in [-0.3, -0.25) is 14.6 Å². The molecule has 2 aromatic heterocycles. The molecule has 2 heterocycles. The molecule has 0 aliphatic rings. The molecule has 0 fully saturated rings. The Bertz CT molecular complexity index is 1330. The number of benzene rings is 2. The van der Waals surface area contributed by atoms with Crippen molar-refractivity contribution in [2.45, 2.75) is 26.4 Å². The van der Waals surface area contributed by atoms with Crippen LogP contribution in [0.1, 0.15) is 30.6 Å². The molecule has 0 bridgehead atoms. The second-order valence-electron chi connectivity index (χ2n) is 7.61. The molecule has 34 heavy (non-hydrogen) atoms. The number of aromatic nitrogens is 3. The van der Waals surface area contributed by atoms with Gasteiger partial charge in [0, 0.05) is 36.3 Å². The molecule has 0 saturated heterocycles. The van der Waals surface area contributed by atoms with Crippen LogP contribution >= 0.6 is 0 Å². The third kappa shape index (κ3) is 5.26. The van der Waals surface area contributed by atoms with Crippen molar-refractivity contribution in [3.05, 3.63) is 72.6 Å². The summed E-state index contributed by atoms with van der Waals surface area (Å²) in [5.41, 5.74) is 3.64. The summed E-state index contributed by atoms with van der Waals surface area (Å²) in [6, 6.07) is 15.3. The minimum Gasteiger partial charge on any atom is -0.449 e. The standard InChI is InChI=1S/C25H23N5O4/c1-3-22(24(32)28-19-9-7-18(8-10-19)27-15(2)31)34-25(33)16-6-11-20-21(13-16)30-23(29-20)17-5-4-12-26-14-17/h4-14,22H,3H2,1-2H3,(H,27,31)(H,28,32)(H,29,30). The number of esters is 1. The normalized spacial score (nSPS) is 11.6. The Kier molecular flexibility index (Phi) is 6.63. The predicted octanol–water partition coefficient (Wildman–Crippen LogP) is 4.16. The summed E-state index contributed by atoms with van der Waals surface area (Å²) in [5.74, 6) is -0.590. The van der Waals surface area contributed by atoms with Crippen LogP contribution in [0.15, 0.2) is 67.0 Å². The van der Waals surface area contributed by atoms with Gasteiger partial charge >= 0.3 is 5.97 Å². The molecule has 1 atom stereocenters. The number of imidazole rings is 1. The first kappa shape index (κ1) is 22.7. The molecule has 1 unspecified atom stereocenters. The number of fused-ring (bicyclic) bond motifs is 1. The van der Waals surface area contributed by atoms with Crippen LogP contribution in [0.25, 0.3) is 22.4 Å². The highest BCUT2D eigenvalue weighted by molar-refractivity contribution is 5.99. The van der Waals surface area contributed by atoms with Gasteiger partial charge in [-0.2, -0.15) is 0 Å². The number of hydrogen-bond donors (Lipinski definition) is 3. The molecule has 4 aromatic rings. The van der Waals surface area contributed by atoms with Gasteiger partial charge in [0.2, 0.25) is 5.91 Å². The van der Waals surface area contributed by atoms with Crippen molar-refractivity contribution in [1.82, 2.24) is 15.0 Å². The van der Waals surface area contributed by atoms with E-state index in [-0.39, 0.29) is 5.91 Å². The summed E-state index contributed by atoms with van der Waals surface area (Å²) in [4.78, 5) is 48.3. The molecule has 2 amide bonds. The molecule has 0 aliphatic carbocycles. The van der Waals surface area contributed by atoms with Gasteiger partial charge in [0.1, 0.15) is 5.82 Å². The average molecular weight is 457 g/mol. The van der Waals surface area contributed by atoms with Crippen molar-refractivity contribution >= 4 is 40.2 Å². The fourth-order valence-corrected chi connectivity index (χ4v) is 3.36. The highest BCUT2D eigenvalue weighted by atomic mass is 16.5. The summed E-state index contributed by atoms with van der Waals surface area (Å²) >= 11 is 0. The van der Waals surface area contributed by atoms with E-state index in [0.717, 1.165) is 5.56 Å². The molecule has 0 radical (unpaired) electrons. The van der Waals surface area contributed by atoms with Crippen molar-refractivity contribution in [3.8, 4) is 11.4 Å². The van der Waals surface area contributed by atoms with Crippen LogP contribution in [0.3, 0.4) is 0 Å². The van der Waals surface area contributed by atoms with Crippen LogP contribution in [-0.2, 0) is 14.3 Å². The molecule has 3 N–H and O–H groups in total. The Hall–Kier alpha value is -4.53. The Morgan fingerprint density at radius 1 is 1.03 bits per heavy atom. The number of amides is 2. The number of pyridine rings is 1. The van der Waals surface area contributed by atoms with E-state index in [1.54, 1.807) is 61.8 Å². The SMILES string of the molecule is CCC(OC(=O)c1ccc2nc(-c3cccnc3)[nH]c2c1)C(=O)Nc1ccc(NC(C)=O)cc1. The van der Waals surface area contributed by atoms with Gasteiger partial charge in [0.15, 0.2) is 6.10 Å². The molecular formula is C25H23N5O4. The molecule has 0 saturated carbocycles. The van der Waals surface area contributed by atoms with Gasteiger partial charge in [0.05, 0.1) is 16.6 Å². The number of nitrogens with zero attached hydrogens (tertiary/aromatic N) is 2. The Morgan fingerprint density at radius 3 is 2.41 bits per heavy atom. The maximum Gasteiger partial charge on any atom is 0.338 e. The lowest BCUT2D eigenvalue weighted by molar-refractivity contribution is -0.124. The van der Waals surface area contributed by atoms with Crippen LogP contribution in [0.5, 0.6) is 0 Å². The average Bonchev–Trinajstić information content (AvgIpc) is 3.27. The number of hydrogen-bond acceptors (Lipinski definition) is 6. The molecule has 4 rings (SSSR count). The first-order valence-electron chi connectivity index (χ1n) is 10.7. The number of rotatable bonds is 7. The molecule has 0 spiro atoms. The number of H-pyrrole nitrogens is 1. The third-order valence-corrected chi connectivity index (χ3v) is 5.04. The molecule has 2 aromatic carbocycles. The molecular weight excluding hydrogens is 434 g/mol. The molecule has 9 heteroatoms. The smallest absolute Gasteiger partial charge is 0.338 e. The number of nitrogens with one attached hydrogen (secondary N) is 3. The minimum absolute atomic E-state index is 0.184. The van der Waals surface area contributed by atoms with Crippen molar-refractivity contribution in [3.63, 3.8) is 0 Å². The van der Waals surface area contributed by atoms with E-state index in [9.17, 15) is 14.4 Å². The van der Waals surface area contributed by atoms with Gasteiger partial charge in [-0.05, 0) is 61.0 Å². The quantitative estimate of drug-likeness (QED) is 0.358. The second kappa shape index (κ2) is 9.95. The summed E-state index contributed by atoms with van der Waals surface area (Å²) < 4.78 is 5.48. The lowest BCUT2D eigenvalue weighted by atomic mass is 10.2. The zero-order chi connectivity index (χ0) is 24.1. The summed E-state index contributed by atoms with van der Waals surface area (Å²) in [6.45, 7) is 3.18. The largest absolute Gasteiger partial charge is 0.449 e. The van der Waals surface area contributed by atoms with E-state index >= 15 is 0 Å². The molecule has 9 nitrogen and oxygen atoms in total. The topological polar surface area (TPSA) is 126 Å². The number of carbonyl (C=O) groups excluding carboxylic acids is 3. The van der Waals surface area contributed by atoms with Crippen LogP contribution < -0.4 is 10.6 Å². The van der Waals surface area contributed by atoms with E-state index in [4.69, 9.17) is 4.74 Å². The third-order valence-electron chi connectivity index (χ3n) is 5.04. The van der Waals surface area contributed by atoms with E-state index < -0.39 is 18.0 Å². The van der Waals surface area contributed by atoms with Gasteiger partial charge in [-0.15, -0.1) is 0 Å². The second-order valence-corrected chi connectivity index (χ2v) is 7.61. The van der Waals surface area contributed by atoms with E-state index in [0.29, 0.717) is 40.2 Å². The maximum absolute atomic E-state index is 12.8. The zero-order valence-electron chi connectivity index (χ0n) is 18.7. The lowest BCUT2D eigenvalue weighted by Crippen LogP contribution is -2.32. The maximum atomic E-state index is 12.8. The highest BCUT2D eigenvalue weighted by Gasteiger charge is 2.22. The number of anilines is 2. The van der Waals surface area contributed by atoms with Crippen LogP contribution in [0.2, 0.25) is 0 Å². The van der Waals surface area contributed by atoms with Crippen LogP contribution in [-0.4, -0.2) is 38.8 Å². The lowest BCUT2D eigenvalue weighted by Gasteiger charge is -2.16. The monoisotopic (exact) mass is 457 g/mol. The fraction of sp³-hybridized carbons (Fsp3) is 0.160. The Labute approximate surface area is 195 Å².